The fourth-order valence-corrected chi connectivity index (χ4v) is 7.18. The molecule has 0 radical (unpaired) electrons. The summed E-state index contributed by atoms with van der Waals surface area (Å²) in [4.78, 5) is 25.3. The van der Waals surface area contributed by atoms with Gasteiger partial charge < -0.3 is 34.3 Å². The van der Waals surface area contributed by atoms with E-state index in [0.29, 0.717) is 6.42 Å². The number of aliphatic hydroxyl groups excluding tert-OH is 3. The summed E-state index contributed by atoms with van der Waals surface area (Å²) < 4.78 is 53.8. The van der Waals surface area contributed by atoms with Gasteiger partial charge in [-0.05, 0) is 64.2 Å². The van der Waals surface area contributed by atoms with Gasteiger partial charge in [0.2, 0.25) is 0 Å². The summed E-state index contributed by atoms with van der Waals surface area (Å²) in [5, 5.41) is 30.9. The summed E-state index contributed by atoms with van der Waals surface area (Å²) in [5.41, 5.74) is 0. The molecule has 1 aliphatic heterocycles. The van der Waals surface area contributed by atoms with Gasteiger partial charge in [-0.1, -0.05) is 163 Å². The van der Waals surface area contributed by atoms with E-state index in [1.54, 1.807) is 12.2 Å². The van der Waals surface area contributed by atoms with Gasteiger partial charge in [-0.15, -0.1) is 0 Å². The number of allylic oxidation sites excluding steroid dienone is 13. The number of esters is 2. The van der Waals surface area contributed by atoms with Gasteiger partial charge >= 0.3 is 11.9 Å². The summed E-state index contributed by atoms with van der Waals surface area (Å²) in [6.07, 6.45) is 41.1. The molecule has 1 saturated heterocycles. The quantitative estimate of drug-likeness (QED) is 0.0116. The van der Waals surface area contributed by atoms with Crippen LogP contribution in [0.4, 0.5) is 0 Å². The molecule has 0 spiro atoms. The molecule has 0 bridgehead atoms. The van der Waals surface area contributed by atoms with E-state index in [2.05, 4.69) is 74.6 Å². The van der Waals surface area contributed by atoms with Crippen molar-refractivity contribution in [1.29, 1.82) is 0 Å². The molecule has 0 amide bonds. The third-order valence-corrected chi connectivity index (χ3v) is 10.8. The molecule has 6 atom stereocenters. The summed E-state index contributed by atoms with van der Waals surface area (Å²) in [6.45, 7) is 3.51. The van der Waals surface area contributed by atoms with Crippen molar-refractivity contribution in [3.8, 4) is 0 Å². The number of hydrogen-bond acceptors (Lipinski definition) is 11. The van der Waals surface area contributed by atoms with Gasteiger partial charge in [-0.25, -0.2) is 4.79 Å². The monoisotopic (exact) mass is 893 g/mol. The topological polar surface area (TPSA) is 186 Å². The smallest absolute Gasteiger partial charge is 0.331 e. The lowest BCUT2D eigenvalue weighted by Crippen LogP contribution is -2.60. The average molecular weight is 893 g/mol. The lowest BCUT2D eigenvalue weighted by atomic mass is 10.00. The molecule has 4 N–H and O–H groups in total. The molecule has 1 aliphatic rings. The molecule has 1 rings (SSSR count). The zero-order valence-electron chi connectivity index (χ0n) is 37.7. The Morgan fingerprint density at radius 2 is 1.13 bits per heavy atom. The Morgan fingerprint density at radius 3 is 1.69 bits per heavy atom. The maximum absolute atomic E-state index is 12.7. The second kappa shape index (κ2) is 38.3. The number of ether oxygens (including phenoxy) is 4. The van der Waals surface area contributed by atoms with Crippen LogP contribution in [-0.4, -0.2) is 96.0 Å². The van der Waals surface area contributed by atoms with Gasteiger partial charge in [0.1, 0.15) is 36.8 Å². The Labute approximate surface area is 373 Å². The molecule has 2 unspecified atom stereocenters. The maximum Gasteiger partial charge on any atom is 0.331 e. The van der Waals surface area contributed by atoms with Crippen LogP contribution in [0.1, 0.15) is 155 Å². The highest BCUT2D eigenvalue weighted by Gasteiger charge is 2.46. The van der Waals surface area contributed by atoms with Crippen LogP contribution in [0, 0.1) is 0 Å². The Morgan fingerprint density at radius 1 is 0.613 bits per heavy atom. The summed E-state index contributed by atoms with van der Waals surface area (Å²) >= 11 is 0. The molecule has 0 saturated carbocycles. The lowest BCUT2D eigenvalue weighted by Gasteiger charge is -2.40. The highest BCUT2D eigenvalue weighted by molar-refractivity contribution is 7.85. The number of rotatable bonds is 37. The molecule has 13 heteroatoms. The number of aliphatic hydroxyl groups is 3. The van der Waals surface area contributed by atoms with Crippen molar-refractivity contribution < 1.29 is 56.8 Å². The van der Waals surface area contributed by atoms with Gasteiger partial charge in [0.05, 0.1) is 6.61 Å². The molecule has 1 heterocycles. The highest BCUT2D eigenvalue weighted by atomic mass is 32.2. The molecule has 1 fully saturated rings. The first-order chi connectivity index (χ1) is 30.0. The van der Waals surface area contributed by atoms with Crippen molar-refractivity contribution in [3.63, 3.8) is 0 Å². The van der Waals surface area contributed by atoms with Crippen molar-refractivity contribution in [2.75, 3.05) is 19.0 Å². The first-order valence-corrected chi connectivity index (χ1v) is 24.8. The number of carbonyl (C=O) groups is 2. The highest BCUT2D eigenvalue weighted by Crippen LogP contribution is 2.24. The third kappa shape index (κ3) is 32.5. The van der Waals surface area contributed by atoms with Crippen LogP contribution in [0.25, 0.3) is 0 Å². The number of carbonyl (C=O) groups excluding carboxylic acids is 2. The summed E-state index contributed by atoms with van der Waals surface area (Å²) in [6, 6.07) is 0. The fraction of sp³-hybridized carbons (Fsp3) is 0.673. The van der Waals surface area contributed by atoms with Gasteiger partial charge in [-0.2, -0.15) is 8.42 Å². The van der Waals surface area contributed by atoms with E-state index in [0.717, 1.165) is 70.6 Å². The van der Waals surface area contributed by atoms with Crippen LogP contribution in [0.3, 0.4) is 0 Å². The minimum absolute atomic E-state index is 0.156. The van der Waals surface area contributed by atoms with Gasteiger partial charge in [0, 0.05) is 12.5 Å². The van der Waals surface area contributed by atoms with Crippen molar-refractivity contribution >= 4 is 22.1 Å². The normalized spacial score (nSPS) is 20.6. The standard InChI is InChI=1S/C49H80O12S/c1-3-5-7-9-11-13-15-17-19-20-21-22-24-25-27-29-31-33-35-37-44(50)58-39-42(40-59-49-48(54)47(53)46(52)43(61-49)41-62(55,56)57)60-45(51)38-36-34-32-30-28-26-23-18-16-14-12-10-8-6-4-2/h5,7,11,13,17,19,21-22,25,27,32,34,36,38,42-43,46-49,52-54H,3-4,6,8-10,12,14-16,18,20,23-24,26,28-31,33,35,37,39-41H2,1-2H3,(H,55,56,57)/b7-5+,13-11+,19-17+,22-21+,27-25+,34-32+,38-36+/t42-,43-,46-,47?,48?,49+/m1/s1. The number of hydrogen-bond donors (Lipinski definition) is 4. The van der Waals surface area contributed by atoms with E-state index in [1.807, 2.05) is 6.08 Å². The Kier molecular flexibility index (Phi) is 35.1. The summed E-state index contributed by atoms with van der Waals surface area (Å²) in [7, 11) is -4.62. The lowest BCUT2D eigenvalue weighted by molar-refractivity contribution is -0.297. The molecule has 0 aromatic carbocycles. The van der Waals surface area contributed by atoms with E-state index < -0.39 is 71.2 Å². The minimum atomic E-state index is -4.62. The Balaban J connectivity index is 2.51. The molecule has 0 aromatic rings. The Hall–Kier alpha value is -3.17. The minimum Gasteiger partial charge on any atom is -0.462 e. The summed E-state index contributed by atoms with van der Waals surface area (Å²) in [5.74, 6) is -2.30. The van der Waals surface area contributed by atoms with E-state index in [1.165, 1.54) is 63.9 Å². The van der Waals surface area contributed by atoms with E-state index >= 15 is 0 Å². The van der Waals surface area contributed by atoms with E-state index in [-0.39, 0.29) is 13.0 Å². The van der Waals surface area contributed by atoms with E-state index in [9.17, 15) is 37.9 Å². The molecule has 62 heavy (non-hydrogen) atoms. The van der Waals surface area contributed by atoms with Crippen LogP contribution < -0.4 is 0 Å². The van der Waals surface area contributed by atoms with Crippen LogP contribution in [0.5, 0.6) is 0 Å². The van der Waals surface area contributed by atoms with Crippen LogP contribution in [0.15, 0.2) is 85.1 Å². The van der Waals surface area contributed by atoms with Crippen LogP contribution >= 0.6 is 0 Å². The van der Waals surface area contributed by atoms with Crippen molar-refractivity contribution in [1.82, 2.24) is 0 Å². The fourth-order valence-electron chi connectivity index (χ4n) is 6.49. The second-order valence-corrected chi connectivity index (χ2v) is 17.3. The number of unbranched alkanes of at least 4 members (excludes halogenated alkanes) is 14. The average Bonchev–Trinajstić information content (AvgIpc) is 3.24. The van der Waals surface area contributed by atoms with E-state index in [4.69, 9.17) is 18.9 Å². The predicted octanol–water partition coefficient (Wildman–Crippen LogP) is 9.67. The van der Waals surface area contributed by atoms with Crippen molar-refractivity contribution in [2.45, 2.75) is 192 Å². The van der Waals surface area contributed by atoms with Crippen LogP contribution in [0.2, 0.25) is 0 Å². The largest absolute Gasteiger partial charge is 0.462 e. The molecular weight excluding hydrogens is 813 g/mol. The Bertz CT molecular complexity index is 1460. The molecular formula is C49H80O12S. The molecule has 0 aromatic heterocycles. The van der Waals surface area contributed by atoms with Crippen molar-refractivity contribution in [3.05, 3.63) is 85.1 Å². The third-order valence-electron chi connectivity index (χ3n) is 10.1. The SMILES string of the molecule is CC/C=C/C/C=C/C/C=C/C/C=C/C/C=C/CCCCCC(=O)OC[C@H](CO[C@H]1O[C@H](CS(=O)(=O)O)[C@@H](O)C(O)C1O)OC(=O)/C=C/C=C/CCCCCCCCCCCCC. The zero-order valence-corrected chi connectivity index (χ0v) is 38.5. The molecule has 354 valence electrons. The first-order valence-electron chi connectivity index (χ1n) is 23.2. The van der Waals surface area contributed by atoms with Crippen LogP contribution in [-0.2, 0) is 38.7 Å². The predicted molar refractivity (Wildman–Crippen MR) is 247 cm³/mol. The maximum atomic E-state index is 12.7. The molecule has 12 nitrogen and oxygen atoms in total. The second-order valence-electron chi connectivity index (χ2n) is 15.8. The van der Waals surface area contributed by atoms with Gasteiger partial charge in [-0.3, -0.25) is 9.35 Å². The van der Waals surface area contributed by atoms with Gasteiger partial charge in [0.15, 0.2) is 12.4 Å². The molecule has 0 aliphatic carbocycles. The van der Waals surface area contributed by atoms with Crippen molar-refractivity contribution in [2.24, 2.45) is 0 Å². The first kappa shape index (κ1) is 56.8. The zero-order chi connectivity index (χ0) is 45.5. The van der Waals surface area contributed by atoms with Gasteiger partial charge in [0.25, 0.3) is 10.1 Å².